The quantitative estimate of drug-likeness (QED) is 0.654. The molecule has 2 atom stereocenters. The Morgan fingerprint density at radius 1 is 1.39 bits per heavy atom. The second-order valence-corrected chi connectivity index (χ2v) is 5.07. The lowest BCUT2D eigenvalue weighted by Gasteiger charge is -2.25. The minimum atomic E-state index is -0.613. The molecule has 0 aliphatic carbocycles. The van der Waals surface area contributed by atoms with Crippen LogP contribution in [-0.4, -0.2) is 29.3 Å². The van der Waals surface area contributed by atoms with Crippen LogP contribution in [0.5, 0.6) is 0 Å². The van der Waals surface area contributed by atoms with Gasteiger partial charge in [0.05, 0.1) is 11.6 Å². The minimum absolute atomic E-state index is 0.298. The summed E-state index contributed by atoms with van der Waals surface area (Å²) in [6.07, 6.45) is 5.41. The standard InChI is InChI=1S/C15H22N2O/c1-4-15(2,3)17-11-14(18)13(16)10-12-8-6-5-7-9-12/h1,5-9,13-14,17-18H,10-11,16H2,2-3H3. The van der Waals surface area contributed by atoms with Crippen LogP contribution in [0.1, 0.15) is 19.4 Å². The molecule has 0 saturated carbocycles. The lowest BCUT2D eigenvalue weighted by atomic mass is 10.0. The van der Waals surface area contributed by atoms with Gasteiger partial charge in [-0.15, -0.1) is 6.42 Å². The number of hydrogen-bond donors (Lipinski definition) is 3. The van der Waals surface area contributed by atoms with Gasteiger partial charge in [0.15, 0.2) is 0 Å². The first-order chi connectivity index (χ1) is 8.44. The third kappa shape index (κ3) is 4.89. The smallest absolute Gasteiger partial charge is 0.0818 e. The van der Waals surface area contributed by atoms with Crippen molar-refractivity contribution in [3.05, 3.63) is 35.9 Å². The van der Waals surface area contributed by atoms with Gasteiger partial charge in [-0.1, -0.05) is 36.3 Å². The zero-order chi connectivity index (χ0) is 13.6. The van der Waals surface area contributed by atoms with Crippen LogP contribution < -0.4 is 11.1 Å². The second-order valence-electron chi connectivity index (χ2n) is 5.07. The van der Waals surface area contributed by atoms with Crippen molar-refractivity contribution in [1.29, 1.82) is 0 Å². The number of β-amino-alcohol motifs (C(OH)–C–C–N with tert-alkyl or cyclic N) is 1. The highest BCUT2D eigenvalue weighted by Gasteiger charge is 2.19. The van der Waals surface area contributed by atoms with Crippen molar-refractivity contribution < 1.29 is 5.11 Å². The van der Waals surface area contributed by atoms with E-state index in [1.54, 1.807) is 0 Å². The number of benzene rings is 1. The van der Waals surface area contributed by atoms with Crippen molar-refractivity contribution in [2.75, 3.05) is 6.54 Å². The van der Waals surface area contributed by atoms with Gasteiger partial charge in [-0.25, -0.2) is 0 Å². The number of nitrogens with one attached hydrogen (secondary N) is 1. The number of hydrogen-bond acceptors (Lipinski definition) is 3. The van der Waals surface area contributed by atoms with E-state index in [0.29, 0.717) is 13.0 Å². The van der Waals surface area contributed by atoms with E-state index in [4.69, 9.17) is 12.2 Å². The van der Waals surface area contributed by atoms with Crippen molar-refractivity contribution in [2.45, 2.75) is 38.0 Å². The summed E-state index contributed by atoms with van der Waals surface area (Å²) >= 11 is 0. The molecule has 3 heteroatoms. The summed E-state index contributed by atoms with van der Waals surface area (Å²) in [7, 11) is 0. The van der Waals surface area contributed by atoms with Crippen LogP contribution in [0.15, 0.2) is 30.3 Å². The zero-order valence-corrected chi connectivity index (χ0v) is 11.1. The molecule has 0 heterocycles. The molecule has 0 bridgehead atoms. The number of rotatable bonds is 6. The molecular formula is C15H22N2O. The number of terminal acetylenes is 1. The van der Waals surface area contributed by atoms with Gasteiger partial charge >= 0.3 is 0 Å². The van der Waals surface area contributed by atoms with E-state index in [9.17, 15) is 5.11 Å². The predicted molar refractivity (Wildman–Crippen MR) is 75.0 cm³/mol. The Morgan fingerprint density at radius 3 is 2.56 bits per heavy atom. The maximum atomic E-state index is 9.98. The van der Waals surface area contributed by atoms with E-state index in [0.717, 1.165) is 5.56 Å². The normalized spacial score (nSPS) is 14.8. The van der Waals surface area contributed by atoms with Crippen LogP contribution in [0.4, 0.5) is 0 Å². The molecule has 0 radical (unpaired) electrons. The van der Waals surface area contributed by atoms with Crippen LogP contribution in [0.3, 0.4) is 0 Å². The molecule has 2 unspecified atom stereocenters. The number of nitrogens with two attached hydrogens (primary N) is 1. The Morgan fingerprint density at radius 2 is 2.00 bits per heavy atom. The fraction of sp³-hybridized carbons (Fsp3) is 0.467. The molecule has 0 aromatic heterocycles. The third-order valence-electron chi connectivity index (χ3n) is 2.92. The molecule has 1 aromatic carbocycles. The fourth-order valence-corrected chi connectivity index (χ4v) is 1.58. The van der Waals surface area contributed by atoms with E-state index in [1.165, 1.54) is 0 Å². The zero-order valence-electron chi connectivity index (χ0n) is 11.1. The lowest BCUT2D eigenvalue weighted by Crippen LogP contribution is -2.48. The molecule has 98 valence electrons. The van der Waals surface area contributed by atoms with Crippen molar-refractivity contribution in [3.63, 3.8) is 0 Å². The van der Waals surface area contributed by atoms with Gasteiger partial charge in [-0.3, -0.25) is 5.32 Å². The van der Waals surface area contributed by atoms with Crippen molar-refractivity contribution in [3.8, 4) is 12.3 Å². The highest BCUT2D eigenvalue weighted by molar-refractivity contribution is 5.16. The number of aliphatic hydroxyl groups is 1. The van der Waals surface area contributed by atoms with E-state index < -0.39 is 11.6 Å². The van der Waals surface area contributed by atoms with Gasteiger partial charge in [-0.2, -0.15) is 0 Å². The molecule has 4 N–H and O–H groups in total. The van der Waals surface area contributed by atoms with Gasteiger partial charge in [0.1, 0.15) is 0 Å². The third-order valence-corrected chi connectivity index (χ3v) is 2.92. The van der Waals surface area contributed by atoms with Gasteiger partial charge in [0, 0.05) is 12.6 Å². The largest absolute Gasteiger partial charge is 0.390 e. The average molecular weight is 246 g/mol. The maximum Gasteiger partial charge on any atom is 0.0818 e. The summed E-state index contributed by atoms with van der Waals surface area (Å²) in [6, 6.07) is 9.61. The predicted octanol–water partition coefficient (Wildman–Crippen LogP) is 0.919. The highest BCUT2D eigenvalue weighted by Crippen LogP contribution is 2.05. The molecule has 18 heavy (non-hydrogen) atoms. The van der Waals surface area contributed by atoms with Crippen LogP contribution in [0.2, 0.25) is 0 Å². The summed E-state index contributed by atoms with van der Waals surface area (Å²) in [5, 5.41) is 13.1. The van der Waals surface area contributed by atoms with Crippen LogP contribution in [-0.2, 0) is 6.42 Å². The molecule has 0 aliphatic rings. The van der Waals surface area contributed by atoms with E-state index in [1.807, 2.05) is 44.2 Å². The lowest BCUT2D eigenvalue weighted by molar-refractivity contribution is 0.136. The molecule has 0 fully saturated rings. The Balaban J connectivity index is 2.43. The minimum Gasteiger partial charge on any atom is -0.390 e. The topological polar surface area (TPSA) is 58.3 Å². The van der Waals surface area contributed by atoms with E-state index >= 15 is 0 Å². The van der Waals surface area contributed by atoms with E-state index in [2.05, 4.69) is 11.2 Å². The van der Waals surface area contributed by atoms with Crippen LogP contribution in [0.25, 0.3) is 0 Å². The first-order valence-electron chi connectivity index (χ1n) is 6.15. The highest BCUT2D eigenvalue weighted by atomic mass is 16.3. The summed E-state index contributed by atoms with van der Waals surface area (Å²) in [6.45, 7) is 4.18. The van der Waals surface area contributed by atoms with Gasteiger partial charge in [0.25, 0.3) is 0 Å². The molecular weight excluding hydrogens is 224 g/mol. The Kier molecular flexibility index (Phi) is 5.36. The van der Waals surface area contributed by atoms with Crippen molar-refractivity contribution in [1.82, 2.24) is 5.32 Å². The first kappa shape index (κ1) is 14.7. The summed E-state index contributed by atoms with van der Waals surface area (Å²) in [4.78, 5) is 0. The van der Waals surface area contributed by atoms with E-state index in [-0.39, 0.29) is 6.04 Å². The molecule has 3 nitrogen and oxygen atoms in total. The molecule has 1 aromatic rings. The van der Waals surface area contributed by atoms with Gasteiger partial charge < -0.3 is 10.8 Å². The molecule has 0 aliphatic heterocycles. The van der Waals surface area contributed by atoms with Crippen molar-refractivity contribution >= 4 is 0 Å². The summed E-state index contributed by atoms with van der Waals surface area (Å²) < 4.78 is 0. The molecule has 0 amide bonds. The van der Waals surface area contributed by atoms with Gasteiger partial charge in [0.2, 0.25) is 0 Å². The SMILES string of the molecule is C#CC(C)(C)NCC(O)C(N)Cc1ccccc1. The Hall–Kier alpha value is -1.34. The molecule has 0 spiro atoms. The Bertz CT molecular complexity index is 395. The summed E-state index contributed by atoms with van der Waals surface area (Å²) in [5.41, 5.74) is 6.68. The Labute approximate surface area is 109 Å². The molecule has 1 rings (SSSR count). The second kappa shape index (κ2) is 6.55. The number of aliphatic hydroxyl groups excluding tert-OH is 1. The van der Waals surface area contributed by atoms with Crippen LogP contribution >= 0.6 is 0 Å². The first-order valence-corrected chi connectivity index (χ1v) is 6.15. The maximum absolute atomic E-state index is 9.98. The molecule has 0 saturated heterocycles. The monoisotopic (exact) mass is 246 g/mol. The van der Waals surface area contributed by atoms with Crippen LogP contribution in [0, 0.1) is 12.3 Å². The van der Waals surface area contributed by atoms with Crippen molar-refractivity contribution in [2.24, 2.45) is 5.73 Å². The summed E-state index contributed by atoms with van der Waals surface area (Å²) in [5.74, 6) is 2.62. The average Bonchev–Trinajstić information content (AvgIpc) is 2.37. The van der Waals surface area contributed by atoms with Gasteiger partial charge in [-0.05, 0) is 25.8 Å². The fourth-order valence-electron chi connectivity index (χ4n) is 1.58.